The summed E-state index contributed by atoms with van der Waals surface area (Å²) < 4.78 is 24.0. The molecule has 1 unspecified atom stereocenters. The molecule has 0 aromatic carbocycles. The molecular formula is C16H31FO3. The van der Waals surface area contributed by atoms with Gasteiger partial charge in [0.05, 0.1) is 19.8 Å². The van der Waals surface area contributed by atoms with Crippen LogP contribution in [0.25, 0.3) is 0 Å². The first kappa shape index (κ1) is 19.5. The average Bonchev–Trinajstić information content (AvgIpc) is 2.38. The number of alkyl halides is 1. The summed E-state index contributed by atoms with van der Waals surface area (Å²) in [5.41, 5.74) is 0. The van der Waals surface area contributed by atoms with Crippen molar-refractivity contribution in [1.82, 2.24) is 0 Å². The predicted octanol–water partition coefficient (Wildman–Crippen LogP) is 3.80. The van der Waals surface area contributed by atoms with E-state index in [0.29, 0.717) is 25.6 Å². The minimum absolute atomic E-state index is 0.0117. The second-order valence-corrected chi connectivity index (χ2v) is 5.98. The Balaban J connectivity index is 3.31. The van der Waals surface area contributed by atoms with E-state index >= 15 is 0 Å². The maximum Gasteiger partial charge on any atom is 0.135 e. The van der Waals surface area contributed by atoms with E-state index in [-0.39, 0.29) is 24.7 Å². The van der Waals surface area contributed by atoms with E-state index in [1.165, 1.54) is 0 Å². The van der Waals surface area contributed by atoms with Gasteiger partial charge in [-0.3, -0.25) is 4.79 Å². The van der Waals surface area contributed by atoms with Gasteiger partial charge in [-0.2, -0.15) is 0 Å². The van der Waals surface area contributed by atoms with Crippen LogP contribution in [0.5, 0.6) is 0 Å². The first-order valence-corrected chi connectivity index (χ1v) is 7.75. The molecule has 0 aliphatic heterocycles. The van der Waals surface area contributed by atoms with Crippen molar-refractivity contribution in [3.8, 4) is 0 Å². The Bertz CT molecular complexity index is 242. The van der Waals surface area contributed by atoms with Gasteiger partial charge in [0.15, 0.2) is 0 Å². The molecule has 0 saturated heterocycles. The van der Waals surface area contributed by atoms with Gasteiger partial charge in [-0.05, 0) is 25.2 Å². The van der Waals surface area contributed by atoms with Crippen LogP contribution in [0.4, 0.5) is 4.39 Å². The summed E-state index contributed by atoms with van der Waals surface area (Å²) in [6.45, 7) is 9.77. The van der Waals surface area contributed by atoms with Crippen molar-refractivity contribution in [1.29, 1.82) is 0 Å². The fraction of sp³-hybridized carbons (Fsp3) is 0.938. The molecule has 0 rings (SSSR count). The van der Waals surface area contributed by atoms with Crippen molar-refractivity contribution in [3.63, 3.8) is 0 Å². The van der Waals surface area contributed by atoms with E-state index in [1.807, 2.05) is 13.8 Å². The molecule has 0 spiro atoms. The highest BCUT2D eigenvalue weighted by molar-refractivity contribution is 5.80. The lowest BCUT2D eigenvalue weighted by Crippen LogP contribution is -2.16. The average molecular weight is 290 g/mol. The summed E-state index contributed by atoms with van der Waals surface area (Å²) in [6, 6.07) is 0. The lowest BCUT2D eigenvalue weighted by molar-refractivity contribution is -0.122. The quantitative estimate of drug-likeness (QED) is 0.484. The Labute approximate surface area is 123 Å². The number of hydrogen-bond donors (Lipinski definition) is 0. The van der Waals surface area contributed by atoms with Gasteiger partial charge < -0.3 is 9.47 Å². The van der Waals surface area contributed by atoms with Gasteiger partial charge in [-0.25, -0.2) is 4.39 Å². The van der Waals surface area contributed by atoms with E-state index in [0.717, 1.165) is 19.4 Å². The number of ketones is 1. The maximum absolute atomic E-state index is 13.4. The fourth-order valence-electron chi connectivity index (χ4n) is 1.70. The number of ether oxygens (including phenoxy) is 2. The van der Waals surface area contributed by atoms with Crippen LogP contribution in [0.15, 0.2) is 0 Å². The standard InChI is InChI=1S/C16H31FO3/c1-13(2)6-5-9-19-10-11-20-12-15(17)7-8-16(18)14(3)4/h13-15H,5-12H2,1-4H3. The number of rotatable bonds is 13. The van der Waals surface area contributed by atoms with Crippen LogP contribution < -0.4 is 0 Å². The van der Waals surface area contributed by atoms with Crippen molar-refractivity contribution in [2.45, 2.75) is 59.5 Å². The number of halogens is 1. The Morgan fingerprint density at radius 3 is 2.25 bits per heavy atom. The van der Waals surface area contributed by atoms with Gasteiger partial charge in [-0.15, -0.1) is 0 Å². The summed E-state index contributed by atoms with van der Waals surface area (Å²) in [5.74, 6) is 0.805. The SMILES string of the molecule is CC(C)CCCOCCOCC(F)CCC(=O)C(C)C. The van der Waals surface area contributed by atoms with Crippen LogP contribution in [0.1, 0.15) is 53.4 Å². The van der Waals surface area contributed by atoms with Crippen LogP contribution in [0.2, 0.25) is 0 Å². The highest BCUT2D eigenvalue weighted by Crippen LogP contribution is 2.08. The lowest BCUT2D eigenvalue weighted by Gasteiger charge is -2.10. The molecule has 0 N–H and O–H groups in total. The molecule has 0 saturated carbocycles. The van der Waals surface area contributed by atoms with Gasteiger partial charge in [0.2, 0.25) is 0 Å². The Morgan fingerprint density at radius 2 is 1.65 bits per heavy atom. The van der Waals surface area contributed by atoms with Gasteiger partial charge in [0, 0.05) is 18.9 Å². The van der Waals surface area contributed by atoms with E-state index < -0.39 is 6.17 Å². The second-order valence-electron chi connectivity index (χ2n) is 5.98. The van der Waals surface area contributed by atoms with Crippen molar-refractivity contribution < 1.29 is 18.7 Å². The van der Waals surface area contributed by atoms with Gasteiger partial charge in [0.25, 0.3) is 0 Å². The summed E-state index contributed by atoms with van der Waals surface area (Å²) in [6.07, 6.45) is 1.72. The highest BCUT2D eigenvalue weighted by atomic mass is 19.1. The minimum Gasteiger partial charge on any atom is -0.379 e. The smallest absolute Gasteiger partial charge is 0.135 e. The Kier molecular flexibility index (Phi) is 12.0. The van der Waals surface area contributed by atoms with Crippen LogP contribution in [0, 0.1) is 11.8 Å². The third kappa shape index (κ3) is 12.5. The normalized spacial score (nSPS) is 13.2. The number of hydrogen-bond acceptors (Lipinski definition) is 3. The van der Waals surface area contributed by atoms with Crippen molar-refractivity contribution >= 4 is 5.78 Å². The molecule has 0 amide bonds. The molecule has 0 aliphatic rings. The molecule has 0 radical (unpaired) electrons. The molecule has 20 heavy (non-hydrogen) atoms. The van der Waals surface area contributed by atoms with Crippen LogP contribution in [-0.4, -0.2) is 38.4 Å². The molecule has 0 fully saturated rings. The van der Waals surface area contributed by atoms with E-state index in [1.54, 1.807) is 0 Å². The number of Topliss-reactive ketones (excluding diaryl/α,β-unsaturated/α-hetero) is 1. The van der Waals surface area contributed by atoms with Gasteiger partial charge in [0.1, 0.15) is 12.0 Å². The van der Waals surface area contributed by atoms with E-state index in [4.69, 9.17) is 9.47 Å². The maximum atomic E-state index is 13.4. The van der Waals surface area contributed by atoms with Crippen LogP contribution in [0.3, 0.4) is 0 Å². The number of carbonyl (C=O) groups excluding carboxylic acids is 1. The van der Waals surface area contributed by atoms with Gasteiger partial charge >= 0.3 is 0 Å². The third-order valence-electron chi connectivity index (χ3n) is 3.09. The fourth-order valence-corrected chi connectivity index (χ4v) is 1.70. The minimum atomic E-state index is -1.06. The molecular weight excluding hydrogens is 259 g/mol. The zero-order chi connectivity index (χ0) is 15.4. The second kappa shape index (κ2) is 12.3. The van der Waals surface area contributed by atoms with Crippen molar-refractivity contribution in [3.05, 3.63) is 0 Å². The number of carbonyl (C=O) groups is 1. The molecule has 0 aromatic rings. The molecule has 1 atom stereocenters. The Morgan fingerprint density at radius 1 is 1.00 bits per heavy atom. The summed E-state index contributed by atoms with van der Waals surface area (Å²) in [5, 5.41) is 0. The monoisotopic (exact) mass is 290 g/mol. The first-order chi connectivity index (χ1) is 9.43. The molecule has 4 heteroatoms. The topological polar surface area (TPSA) is 35.5 Å². The third-order valence-corrected chi connectivity index (χ3v) is 3.09. The molecule has 0 heterocycles. The Hall–Kier alpha value is -0.480. The lowest BCUT2D eigenvalue weighted by atomic mass is 10.0. The molecule has 0 bridgehead atoms. The van der Waals surface area contributed by atoms with E-state index in [9.17, 15) is 9.18 Å². The largest absolute Gasteiger partial charge is 0.379 e. The van der Waals surface area contributed by atoms with Crippen LogP contribution in [-0.2, 0) is 14.3 Å². The summed E-state index contributed by atoms with van der Waals surface area (Å²) in [7, 11) is 0. The van der Waals surface area contributed by atoms with Crippen LogP contribution >= 0.6 is 0 Å². The van der Waals surface area contributed by atoms with E-state index in [2.05, 4.69) is 13.8 Å². The molecule has 120 valence electrons. The first-order valence-electron chi connectivity index (χ1n) is 7.75. The zero-order valence-electron chi connectivity index (χ0n) is 13.5. The highest BCUT2D eigenvalue weighted by Gasteiger charge is 2.12. The molecule has 0 aliphatic carbocycles. The summed E-state index contributed by atoms with van der Waals surface area (Å²) >= 11 is 0. The summed E-state index contributed by atoms with van der Waals surface area (Å²) in [4.78, 5) is 11.3. The molecule has 0 aromatic heterocycles. The van der Waals surface area contributed by atoms with Crippen molar-refractivity contribution in [2.75, 3.05) is 26.4 Å². The zero-order valence-corrected chi connectivity index (χ0v) is 13.5. The van der Waals surface area contributed by atoms with Crippen molar-refractivity contribution in [2.24, 2.45) is 11.8 Å². The predicted molar refractivity (Wildman–Crippen MR) is 79.7 cm³/mol. The van der Waals surface area contributed by atoms with Gasteiger partial charge in [-0.1, -0.05) is 27.7 Å². The molecule has 3 nitrogen and oxygen atoms in total.